The molecule has 0 amide bonds. The van der Waals surface area contributed by atoms with Gasteiger partial charge in [-0.1, -0.05) is 6.92 Å². The van der Waals surface area contributed by atoms with Crippen molar-refractivity contribution in [1.29, 1.82) is 0 Å². The van der Waals surface area contributed by atoms with Crippen LogP contribution in [0.15, 0.2) is 9.98 Å². The van der Waals surface area contributed by atoms with Gasteiger partial charge in [0.05, 0.1) is 0 Å². The third-order valence-electron chi connectivity index (χ3n) is 1.91. The molecular formula is C8H11BrN2O2S. The highest BCUT2D eigenvalue weighted by Crippen LogP contribution is 2.24. The summed E-state index contributed by atoms with van der Waals surface area (Å²) in [5, 5.41) is 11.5. The van der Waals surface area contributed by atoms with Gasteiger partial charge in [-0.2, -0.15) is 0 Å². The normalized spacial score (nSPS) is 12.5. The van der Waals surface area contributed by atoms with Crippen LogP contribution in [-0.4, -0.2) is 29.1 Å². The van der Waals surface area contributed by atoms with Crippen molar-refractivity contribution in [3.8, 4) is 0 Å². The van der Waals surface area contributed by atoms with E-state index in [1.807, 2.05) is 12.3 Å². The van der Waals surface area contributed by atoms with Gasteiger partial charge < -0.3 is 10.0 Å². The van der Waals surface area contributed by atoms with Crippen LogP contribution in [0.2, 0.25) is 0 Å². The number of anilines is 1. The Kier molecular flexibility index (Phi) is 3.88. The molecule has 78 valence electrons. The molecule has 0 saturated heterocycles. The Morgan fingerprint density at radius 3 is 2.86 bits per heavy atom. The van der Waals surface area contributed by atoms with Gasteiger partial charge in [-0.05, 0) is 22.4 Å². The van der Waals surface area contributed by atoms with Crippen molar-refractivity contribution < 1.29 is 9.90 Å². The maximum absolute atomic E-state index is 10.9. The summed E-state index contributed by atoms with van der Waals surface area (Å²) in [5.74, 6) is -0.818. The number of hydrogen-bond acceptors (Lipinski definition) is 4. The molecule has 1 aromatic heterocycles. The molecule has 14 heavy (non-hydrogen) atoms. The van der Waals surface area contributed by atoms with E-state index in [9.17, 15) is 4.79 Å². The van der Waals surface area contributed by atoms with Crippen LogP contribution in [-0.2, 0) is 4.79 Å². The largest absolute Gasteiger partial charge is 0.480 e. The summed E-state index contributed by atoms with van der Waals surface area (Å²) in [6, 6.07) is -0.506. The number of aliphatic carboxylic acids is 1. The molecule has 0 aliphatic heterocycles. The monoisotopic (exact) mass is 278 g/mol. The highest BCUT2D eigenvalue weighted by atomic mass is 79.9. The van der Waals surface area contributed by atoms with Crippen LogP contribution in [0.1, 0.15) is 13.3 Å². The maximum atomic E-state index is 10.9. The van der Waals surface area contributed by atoms with Crippen molar-refractivity contribution in [2.45, 2.75) is 19.4 Å². The van der Waals surface area contributed by atoms with Crippen LogP contribution in [0.4, 0.5) is 5.13 Å². The Bertz CT molecular complexity index is 329. The summed E-state index contributed by atoms with van der Waals surface area (Å²) in [4.78, 5) is 16.7. The van der Waals surface area contributed by atoms with E-state index < -0.39 is 12.0 Å². The summed E-state index contributed by atoms with van der Waals surface area (Å²) >= 11 is 4.66. The quantitative estimate of drug-likeness (QED) is 0.918. The number of rotatable bonds is 4. The minimum Gasteiger partial charge on any atom is -0.480 e. The van der Waals surface area contributed by atoms with Crippen LogP contribution in [0.3, 0.4) is 0 Å². The van der Waals surface area contributed by atoms with Crippen LogP contribution in [0.25, 0.3) is 0 Å². The predicted molar refractivity (Wildman–Crippen MR) is 59.9 cm³/mol. The van der Waals surface area contributed by atoms with Crippen molar-refractivity contribution in [3.05, 3.63) is 9.98 Å². The SMILES string of the molecule is CCC(C(=O)O)N(C)c1nc(Br)cs1. The zero-order valence-electron chi connectivity index (χ0n) is 7.90. The Labute approximate surface area is 94.7 Å². The summed E-state index contributed by atoms with van der Waals surface area (Å²) in [7, 11) is 1.74. The third-order valence-corrected chi connectivity index (χ3v) is 3.55. The maximum Gasteiger partial charge on any atom is 0.326 e. The first-order chi connectivity index (χ1) is 6.56. The Balaban J connectivity index is 2.82. The molecular weight excluding hydrogens is 268 g/mol. The van der Waals surface area contributed by atoms with Crippen molar-refractivity contribution >= 4 is 38.4 Å². The van der Waals surface area contributed by atoms with Gasteiger partial charge in [0.25, 0.3) is 0 Å². The predicted octanol–water partition coefficient (Wildman–Crippen LogP) is 2.21. The lowest BCUT2D eigenvalue weighted by molar-refractivity contribution is -0.138. The standard InChI is InChI=1S/C8H11BrN2O2S/c1-3-5(7(12)13)11(2)8-10-6(9)4-14-8/h4-5H,3H2,1-2H3,(H,12,13). The molecule has 0 saturated carbocycles. The number of nitrogens with zero attached hydrogens (tertiary/aromatic N) is 2. The number of carboxylic acid groups (broad SMARTS) is 1. The van der Waals surface area contributed by atoms with E-state index in [0.29, 0.717) is 11.6 Å². The second kappa shape index (κ2) is 4.75. The van der Waals surface area contributed by atoms with E-state index in [-0.39, 0.29) is 0 Å². The number of likely N-dealkylation sites (N-methyl/N-ethyl adjacent to an activating group) is 1. The van der Waals surface area contributed by atoms with E-state index in [1.165, 1.54) is 11.3 Å². The van der Waals surface area contributed by atoms with Crippen molar-refractivity contribution in [1.82, 2.24) is 4.98 Å². The topological polar surface area (TPSA) is 53.4 Å². The number of carboxylic acids is 1. The first kappa shape index (κ1) is 11.5. The summed E-state index contributed by atoms with van der Waals surface area (Å²) in [6.07, 6.45) is 0.559. The van der Waals surface area contributed by atoms with Gasteiger partial charge in [0, 0.05) is 12.4 Å². The summed E-state index contributed by atoms with van der Waals surface area (Å²) in [5.41, 5.74) is 0. The zero-order chi connectivity index (χ0) is 10.7. The summed E-state index contributed by atoms with van der Waals surface area (Å²) in [6.45, 7) is 1.85. The van der Waals surface area contributed by atoms with E-state index in [2.05, 4.69) is 20.9 Å². The fourth-order valence-corrected chi connectivity index (χ4v) is 2.42. The molecule has 6 heteroatoms. The fourth-order valence-electron chi connectivity index (χ4n) is 1.15. The van der Waals surface area contributed by atoms with Crippen molar-refractivity contribution in [3.63, 3.8) is 0 Å². The first-order valence-corrected chi connectivity index (χ1v) is 5.80. The highest BCUT2D eigenvalue weighted by Gasteiger charge is 2.22. The number of carbonyl (C=O) groups is 1. The first-order valence-electron chi connectivity index (χ1n) is 4.13. The van der Waals surface area contributed by atoms with Gasteiger partial charge in [-0.25, -0.2) is 9.78 Å². The molecule has 0 fully saturated rings. The minimum absolute atomic E-state index is 0.506. The molecule has 1 atom stereocenters. The number of aromatic nitrogens is 1. The average molecular weight is 279 g/mol. The third kappa shape index (κ3) is 2.45. The van der Waals surface area contributed by atoms with E-state index in [1.54, 1.807) is 11.9 Å². The highest BCUT2D eigenvalue weighted by molar-refractivity contribution is 9.10. The smallest absolute Gasteiger partial charge is 0.326 e. The molecule has 0 aliphatic carbocycles. The minimum atomic E-state index is -0.818. The van der Waals surface area contributed by atoms with Crippen LogP contribution in [0, 0.1) is 0 Å². The van der Waals surface area contributed by atoms with Gasteiger partial charge in [-0.15, -0.1) is 11.3 Å². The molecule has 0 bridgehead atoms. The molecule has 1 unspecified atom stereocenters. The molecule has 0 spiro atoms. The van der Waals surface area contributed by atoms with E-state index in [0.717, 1.165) is 4.60 Å². The van der Waals surface area contributed by atoms with E-state index in [4.69, 9.17) is 5.11 Å². The van der Waals surface area contributed by atoms with E-state index >= 15 is 0 Å². The molecule has 0 aliphatic rings. The second-order valence-electron chi connectivity index (χ2n) is 2.83. The lowest BCUT2D eigenvalue weighted by Gasteiger charge is -2.22. The molecule has 0 radical (unpaired) electrons. The second-order valence-corrected chi connectivity index (χ2v) is 4.48. The van der Waals surface area contributed by atoms with Crippen molar-refractivity contribution in [2.24, 2.45) is 0 Å². The lowest BCUT2D eigenvalue weighted by atomic mass is 10.2. The van der Waals surface area contributed by atoms with Gasteiger partial charge in [-0.3, -0.25) is 0 Å². The number of hydrogen-bond donors (Lipinski definition) is 1. The molecule has 1 rings (SSSR count). The van der Waals surface area contributed by atoms with Crippen LogP contribution < -0.4 is 4.90 Å². The molecule has 1 aromatic rings. The van der Waals surface area contributed by atoms with Crippen molar-refractivity contribution in [2.75, 3.05) is 11.9 Å². The van der Waals surface area contributed by atoms with Crippen LogP contribution in [0.5, 0.6) is 0 Å². The number of thiazole rings is 1. The Hall–Kier alpha value is -0.620. The van der Waals surface area contributed by atoms with Gasteiger partial charge in [0.15, 0.2) is 5.13 Å². The van der Waals surface area contributed by atoms with Crippen LogP contribution >= 0.6 is 27.3 Å². The molecule has 1 heterocycles. The van der Waals surface area contributed by atoms with Gasteiger partial charge >= 0.3 is 5.97 Å². The molecule has 0 aromatic carbocycles. The summed E-state index contributed by atoms with van der Waals surface area (Å²) < 4.78 is 0.740. The zero-order valence-corrected chi connectivity index (χ0v) is 10.3. The lowest BCUT2D eigenvalue weighted by Crippen LogP contribution is -2.37. The number of halogens is 1. The molecule has 1 N–H and O–H groups in total. The Morgan fingerprint density at radius 1 is 1.86 bits per heavy atom. The van der Waals surface area contributed by atoms with Gasteiger partial charge in [0.2, 0.25) is 0 Å². The Morgan fingerprint density at radius 2 is 2.50 bits per heavy atom. The van der Waals surface area contributed by atoms with Gasteiger partial charge in [0.1, 0.15) is 10.6 Å². The molecule has 4 nitrogen and oxygen atoms in total. The fraction of sp³-hybridized carbons (Fsp3) is 0.500. The average Bonchev–Trinajstić information content (AvgIpc) is 2.52.